The highest BCUT2D eigenvalue weighted by Gasteiger charge is 2.12. The van der Waals surface area contributed by atoms with Crippen LogP contribution in [0.5, 0.6) is 5.75 Å². The van der Waals surface area contributed by atoms with E-state index >= 15 is 0 Å². The first kappa shape index (κ1) is 17.4. The second-order valence-electron chi connectivity index (χ2n) is 5.45. The molecule has 6 heteroatoms. The zero-order valence-corrected chi connectivity index (χ0v) is 14.9. The molecule has 0 saturated heterocycles. The van der Waals surface area contributed by atoms with Crippen LogP contribution >= 0.6 is 23.2 Å². The Morgan fingerprint density at radius 2 is 1.96 bits per heavy atom. The molecule has 0 saturated carbocycles. The molecule has 2 aromatic carbocycles. The Morgan fingerprint density at radius 3 is 2.72 bits per heavy atom. The molecule has 1 N–H and O–H groups in total. The molecule has 0 fully saturated rings. The number of carbonyl (C=O) groups excluding carboxylic acids is 1. The van der Waals surface area contributed by atoms with E-state index in [1.165, 1.54) is 0 Å². The van der Waals surface area contributed by atoms with Crippen LogP contribution in [0.1, 0.15) is 21.9 Å². The number of rotatable bonds is 5. The van der Waals surface area contributed by atoms with Gasteiger partial charge in [0.2, 0.25) is 0 Å². The SMILES string of the molecule is Cc1cccc(NC(=O)c2ccc(COc3ccc(Cl)cc3Cl)o2)c1. The molecule has 1 aromatic heterocycles. The summed E-state index contributed by atoms with van der Waals surface area (Å²) in [6.45, 7) is 2.11. The van der Waals surface area contributed by atoms with Gasteiger partial charge in [0.05, 0.1) is 5.02 Å². The van der Waals surface area contributed by atoms with E-state index in [4.69, 9.17) is 32.4 Å². The normalized spacial score (nSPS) is 10.5. The summed E-state index contributed by atoms with van der Waals surface area (Å²) >= 11 is 11.9. The average Bonchev–Trinajstić information content (AvgIpc) is 3.03. The van der Waals surface area contributed by atoms with Crippen LogP contribution in [0.4, 0.5) is 5.69 Å². The molecular weight excluding hydrogens is 361 g/mol. The third-order valence-electron chi connectivity index (χ3n) is 3.43. The zero-order valence-electron chi connectivity index (χ0n) is 13.4. The molecule has 0 atom stereocenters. The fourth-order valence-electron chi connectivity index (χ4n) is 2.23. The summed E-state index contributed by atoms with van der Waals surface area (Å²) in [6.07, 6.45) is 0. The minimum atomic E-state index is -0.318. The minimum Gasteiger partial charge on any atom is -0.484 e. The first-order chi connectivity index (χ1) is 12.0. The summed E-state index contributed by atoms with van der Waals surface area (Å²) in [5.74, 6) is 0.900. The van der Waals surface area contributed by atoms with E-state index in [0.717, 1.165) is 5.56 Å². The number of amides is 1. The molecule has 128 valence electrons. The summed E-state index contributed by atoms with van der Waals surface area (Å²) in [5, 5.41) is 3.74. The van der Waals surface area contributed by atoms with Gasteiger partial charge in [0.1, 0.15) is 18.1 Å². The monoisotopic (exact) mass is 375 g/mol. The Labute approximate surface area is 155 Å². The Morgan fingerprint density at radius 1 is 1.12 bits per heavy atom. The molecule has 0 aliphatic carbocycles. The van der Waals surface area contributed by atoms with Gasteiger partial charge in [-0.2, -0.15) is 0 Å². The van der Waals surface area contributed by atoms with Crippen molar-refractivity contribution < 1.29 is 13.9 Å². The van der Waals surface area contributed by atoms with Gasteiger partial charge < -0.3 is 14.5 Å². The van der Waals surface area contributed by atoms with Crippen molar-refractivity contribution in [2.75, 3.05) is 5.32 Å². The van der Waals surface area contributed by atoms with Gasteiger partial charge >= 0.3 is 0 Å². The topological polar surface area (TPSA) is 51.5 Å². The number of ether oxygens (including phenoxy) is 1. The molecular formula is C19H15Cl2NO3. The molecule has 1 amide bonds. The van der Waals surface area contributed by atoms with E-state index in [-0.39, 0.29) is 18.3 Å². The van der Waals surface area contributed by atoms with Crippen LogP contribution in [0.3, 0.4) is 0 Å². The van der Waals surface area contributed by atoms with Gasteiger partial charge in [0.15, 0.2) is 5.76 Å². The number of nitrogens with one attached hydrogen (secondary N) is 1. The third kappa shape index (κ3) is 4.56. The quantitative estimate of drug-likeness (QED) is 0.619. The van der Waals surface area contributed by atoms with E-state index in [0.29, 0.717) is 27.2 Å². The lowest BCUT2D eigenvalue weighted by atomic mass is 10.2. The molecule has 3 aromatic rings. The Bertz CT molecular complexity index is 905. The lowest BCUT2D eigenvalue weighted by Crippen LogP contribution is -2.10. The van der Waals surface area contributed by atoms with Gasteiger partial charge in [-0.25, -0.2) is 0 Å². The van der Waals surface area contributed by atoms with Crippen LogP contribution in [-0.4, -0.2) is 5.91 Å². The molecule has 0 bridgehead atoms. The maximum Gasteiger partial charge on any atom is 0.291 e. The molecule has 0 aliphatic rings. The van der Waals surface area contributed by atoms with Crippen LogP contribution < -0.4 is 10.1 Å². The van der Waals surface area contributed by atoms with Crippen LogP contribution in [0, 0.1) is 6.92 Å². The van der Waals surface area contributed by atoms with Crippen LogP contribution in [0.2, 0.25) is 10.0 Å². The van der Waals surface area contributed by atoms with E-state index in [1.54, 1.807) is 30.3 Å². The average molecular weight is 376 g/mol. The van der Waals surface area contributed by atoms with Gasteiger partial charge in [-0.1, -0.05) is 35.3 Å². The van der Waals surface area contributed by atoms with Gasteiger partial charge in [-0.15, -0.1) is 0 Å². The van der Waals surface area contributed by atoms with E-state index < -0.39 is 0 Å². The molecule has 0 spiro atoms. The first-order valence-electron chi connectivity index (χ1n) is 7.56. The zero-order chi connectivity index (χ0) is 17.8. The van der Waals surface area contributed by atoms with Crippen molar-refractivity contribution in [1.82, 2.24) is 0 Å². The number of hydrogen-bond acceptors (Lipinski definition) is 3. The second-order valence-corrected chi connectivity index (χ2v) is 6.30. The number of benzene rings is 2. The van der Waals surface area contributed by atoms with Crippen molar-refractivity contribution >= 4 is 34.8 Å². The van der Waals surface area contributed by atoms with Gasteiger partial charge in [-0.05, 0) is 55.0 Å². The van der Waals surface area contributed by atoms with Crippen molar-refractivity contribution in [3.8, 4) is 5.75 Å². The Balaban J connectivity index is 1.62. The molecule has 0 aliphatic heterocycles. The lowest BCUT2D eigenvalue weighted by Gasteiger charge is -2.06. The summed E-state index contributed by atoms with van der Waals surface area (Å²) in [6, 6.07) is 15.8. The minimum absolute atomic E-state index is 0.152. The van der Waals surface area contributed by atoms with Gasteiger partial charge in [0.25, 0.3) is 5.91 Å². The van der Waals surface area contributed by atoms with E-state index in [1.807, 2.05) is 31.2 Å². The number of carbonyl (C=O) groups is 1. The van der Waals surface area contributed by atoms with E-state index in [9.17, 15) is 4.79 Å². The smallest absolute Gasteiger partial charge is 0.291 e. The van der Waals surface area contributed by atoms with Crippen LogP contribution in [0.25, 0.3) is 0 Å². The standard InChI is InChI=1S/C19H15Cl2NO3/c1-12-3-2-4-14(9-12)22-19(23)18-8-6-15(25-18)11-24-17-7-5-13(20)10-16(17)21/h2-10H,11H2,1H3,(H,22,23). The van der Waals surface area contributed by atoms with Crippen molar-refractivity contribution in [3.05, 3.63) is 81.7 Å². The third-order valence-corrected chi connectivity index (χ3v) is 3.96. The van der Waals surface area contributed by atoms with Crippen LogP contribution in [0.15, 0.2) is 59.0 Å². The summed E-state index contributed by atoms with van der Waals surface area (Å²) in [7, 11) is 0. The highest BCUT2D eigenvalue weighted by molar-refractivity contribution is 6.35. The maximum atomic E-state index is 12.2. The second kappa shape index (κ2) is 7.64. The number of halogens is 2. The number of anilines is 1. The largest absolute Gasteiger partial charge is 0.484 e. The molecule has 3 rings (SSSR count). The summed E-state index contributed by atoms with van der Waals surface area (Å²) < 4.78 is 11.1. The summed E-state index contributed by atoms with van der Waals surface area (Å²) in [4.78, 5) is 12.2. The maximum absolute atomic E-state index is 12.2. The molecule has 1 heterocycles. The predicted octanol–water partition coefficient (Wildman–Crippen LogP) is 5.73. The molecule has 0 unspecified atom stereocenters. The highest BCUT2D eigenvalue weighted by Crippen LogP contribution is 2.28. The van der Waals surface area contributed by atoms with Crippen molar-refractivity contribution in [2.24, 2.45) is 0 Å². The van der Waals surface area contributed by atoms with E-state index in [2.05, 4.69) is 5.32 Å². The highest BCUT2D eigenvalue weighted by atomic mass is 35.5. The number of hydrogen-bond donors (Lipinski definition) is 1. The van der Waals surface area contributed by atoms with Crippen molar-refractivity contribution in [1.29, 1.82) is 0 Å². The van der Waals surface area contributed by atoms with Gasteiger partial charge in [-0.3, -0.25) is 4.79 Å². The summed E-state index contributed by atoms with van der Waals surface area (Å²) in [5.41, 5.74) is 1.78. The Hall–Kier alpha value is -2.43. The molecule has 0 radical (unpaired) electrons. The lowest BCUT2D eigenvalue weighted by molar-refractivity contribution is 0.0992. The predicted molar refractivity (Wildman–Crippen MR) is 98.6 cm³/mol. The van der Waals surface area contributed by atoms with Crippen molar-refractivity contribution in [2.45, 2.75) is 13.5 Å². The fourth-order valence-corrected chi connectivity index (χ4v) is 2.70. The van der Waals surface area contributed by atoms with Crippen molar-refractivity contribution in [3.63, 3.8) is 0 Å². The fraction of sp³-hybridized carbons (Fsp3) is 0.105. The number of aryl methyl sites for hydroxylation is 1. The first-order valence-corrected chi connectivity index (χ1v) is 8.31. The molecule has 4 nitrogen and oxygen atoms in total. The van der Waals surface area contributed by atoms with Crippen LogP contribution in [-0.2, 0) is 6.61 Å². The molecule has 25 heavy (non-hydrogen) atoms. The number of furan rings is 1. The van der Waals surface area contributed by atoms with Gasteiger partial charge in [0, 0.05) is 10.7 Å². The Kier molecular flexibility index (Phi) is 5.31.